The van der Waals surface area contributed by atoms with Gasteiger partial charge >= 0.3 is 0 Å². The van der Waals surface area contributed by atoms with Crippen LogP contribution in [-0.2, 0) is 16.8 Å². The summed E-state index contributed by atoms with van der Waals surface area (Å²) < 4.78 is 0. The molecule has 0 fully saturated rings. The van der Waals surface area contributed by atoms with Gasteiger partial charge in [-0.15, -0.1) is 12.4 Å². The van der Waals surface area contributed by atoms with E-state index in [-0.39, 0.29) is 35.7 Å². The van der Waals surface area contributed by atoms with Crippen molar-refractivity contribution in [1.82, 2.24) is 10.2 Å². The molecule has 0 radical (unpaired) electrons. The van der Waals surface area contributed by atoms with E-state index < -0.39 is 0 Å². The third-order valence-electron chi connectivity index (χ3n) is 3.81. The molecule has 4 nitrogen and oxygen atoms in total. The highest BCUT2D eigenvalue weighted by molar-refractivity contribution is 5.85. The Kier molecular flexibility index (Phi) is 8.08. The lowest BCUT2D eigenvalue weighted by Crippen LogP contribution is -2.46. The number of halogens is 1. The molecule has 1 aromatic rings. The lowest BCUT2D eigenvalue weighted by molar-refractivity contribution is -0.132. The first-order valence-electron chi connectivity index (χ1n) is 7.81. The number of carbonyl (C=O) groups is 1. The average molecular weight is 343 g/mol. The number of nitrogens with zero attached hydrogens (tertiary/aromatic N) is 1. The van der Waals surface area contributed by atoms with E-state index in [4.69, 9.17) is 0 Å². The van der Waals surface area contributed by atoms with Gasteiger partial charge in [-0.3, -0.25) is 4.79 Å². The number of nitrogens with one attached hydrogen (secondary N) is 1. The molecule has 0 aromatic heterocycles. The van der Waals surface area contributed by atoms with E-state index in [2.05, 4.69) is 26.1 Å². The maximum Gasteiger partial charge on any atom is 0.239 e. The van der Waals surface area contributed by atoms with Gasteiger partial charge in [0.2, 0.25) is 5.91 Å². The van der Waals surface area contributed by atoms with Crippen LogP contribution in [0.3, 0.4) is 0 Å². The van der Waals surface area contributed by atoms with Crippen LogP contribution in [0.5, 0.6) is 5.75 Å². The predicted molar refractivity (Wildman–Crippen MR) is 98.2 cm³/mol. The molecule has 2 N–H and O–H groups in total. The first-order valence-corrected chi connectivity index (χ1v) is 7.81. The molecule has 0 bridgehead atoms. The molecule has 0 saturated carbocycles. The predicted octanol–water partition coefficient (Wildman–Crippen LogP) is 3.31. The van der Waals surface area contributed by atoms with Crippen LogP contribution in [0.4, 0.5) is 0 Å². The topological polar surface area (TPSA) is 52.6 Å². The minimum absolute atomic E-state index is 0. The minimum atomic E-state index is -0.257. The normalized spacial score (nSPS) is 12.7. The molecule has 0 aliphatic heterocycles. The Bertz CT molecular complexity index is 522. The third kappa shape index (κ3) is 5.70. The molecule has 0 unspecified atom stereocenters. The maximum absolute atomic E-state index is 12.2. The van der Waals surface area contributed by atoms with Crippen LogP contribution in [0.15, 0.2) is 18.2 Å². The van der Waals surface area contributed by atoms with E-state index in [0.717, 1.165) is 11.1 Å². The summed E-state index contributed by atoms with van der Waals surface area (Å²) in [5.74, 6) is 0.562. The van der Waals surface area contributed by atoms with Crippen molar-refractivity contribution in [2.45, 2.75) is 52.6 Å². The van der Waals surface area contributed by atoms with Crippen LogP contribution in [0.2, 0.25) is 0 Å². The Morgan fingerprint density at radius 1 is 1.26 bits per heavy atom. The van der Waals surface area contributed by atoms with E-state index in [1.54, 1.807) is 19.0 Å². The van der Waals surface area contributed by atoms with Crippen LogP contribution in [-0.4, -0.2) is 36.1 Å². The number of rotatable bonds is 5. The zero-order valence-electron chi connectivity index (χ0n) is 15.3. The highest BCUT2D eigenvalue weighted by Crippen LogP contribution is 2.33. The van der Waals surface area contributed by atoms with Crippen molar-refractivity contribution in [1.29, 1.82) is 0 Å². The third-order valence-corrected chi connectivity index (χ3v) is 3.81. The number of hydrogen-bond acceptors (Lipinski definition) is 3. The molecule has 0 aliphatic carbocycles. The first kappa shape index (κ1) is 21.7. The van der Waals surface area contributed by atoms with Gasteiger partial charge in [0.1, 0.15) is 5.75 Å². The standard InChI is InChI=1S/C18H30N2O2.ClH/c1-12(2)15(17(22)20(6)7)19-11-13-9-8-10-14(16(13)21)18(3,4)5;/h8-10,12,15,19,21H,11H2,1-7H3;1H/t15-;/m0./s1. The van der Waals surface area contributed by atoms with Crippen LogP contribution in [0, 0.1) is 5.92 Å². The van der Waals surface area contributed by atoms with Gasteiger partial charge in [0.05, 0.1) is 6.04 Å². The number of hydrogen-bond donors (Lipinski definition) is 2. The molecule has 1 atom stereocenters. The number of aromatic hydroxyl groups is 1. The SMILES string of the molecule is CC(C)[C@H](NCc1cccc(C(C)(C)C)c1O)C(=O)N(C)C.Cl. The second kappa shape index (κ2) is 8.55. The highest BCUT2D eigenvalue weighted by atomic mass is 35.5. The largest absolute Gasteiger partial charge is 0.507 e. The molecule has 0 aliphatic rings. The molecule has 0 spiro atoms. The second-order valence-corrected chi connectivity index (χ2v) is 7.40. The summed E-state index contributed by atoms with van der Waals surface area (Å²) in [5.41, 5.74) is 1.63. The quantitative estimate of drug-likeness (QED) is 0.863. The molecule has 23 heavy (non-hydrogen) atoms. The molecular formula is C18H31ClN2O2. The zero-order valence-corrected chi connectivity index (χ0v) is 16.1. The Balaban J connectivity index is 0.00000484. The Hall–Kier alpha value is -1.26. The number of carbonyl (C=O) groups excluding carboxylic acids is 1. The van der Waals surface area contributed by atoms with Crippen molar-refractivity contribution in [2.24, 2.45) is 5.92 Å². The monoisotopic (exact) mass is 342 g/mol. The van der Waals surface area contributed by atoms with Gasteiger partial charge < -0.3 is 15.3 Å². The van der Waals surface area contributed by atoms with Crippen molar-refractivity contribution in [3.63, 3.8) is 0 Å². The molecule has 0 heterocycles. The maximum atomic E-state index is 12.2. The fourth-order valence-electron chi connectivity index (χ4n) is 2.45. The molecular weight excluding hydrogens is 312 g/mol. The van der Waals surface area contributed by atoms with Crippen LogP contribution in [0.1, 0.15) is 45.7 Å². The lowest BCUT2D eigenvalue weighted by Gasteiger charge is -2.26. The lowest BCUT2D eigenvalue weighted by atomic mass is 9.85. The number of phenolic OH excluding ortho intramolecular Hbond substituents is 1. The smallest absolute Gasteiger partial charge is 0.239 e. The summed E-state index contributed by atoms with van der Waals surface area (Å²) in [6.45, 7) is 10.7. The van der Waals surface area contributed by atoms with E-state index >= 15 is 0 Å². The minimum Gasteiger partial charge on any atom is -0.507 e. The Morgan fingerprint density at radius 2 is 1.83 bits per heavy atom. The van der Waals surface area contributed by atoms with Crippen molar-refractivity contribution in [3.05, 3.63) is 29.3 Å². The average Bonchev–Trinajstić information content (AvgIpc) is 2.38. The number of benzene rings is 1. The van der Waals surface area contributed by atoms with Gasteiger partial charge in [0.25, 0.3) is 0 Å². The number of phenols is 1. The van der Waals surface area contributed by atoms with Crippen molar-refractivity contribution < 1.29 is 9.90 Å². The summed E-state index contributed by atoms with van der Waals surface area (Å²) in [6, 6.07) is 5.54. The fraction of sp³-hybridized carbons (Fsp3) is 0.611. The van der Waals surface area contributed by atoms with Crippen molar-refractivity contribution in [3.8, 4) is 5.75 Å². The highest BCUT2D eigenvalue weighted by Gasteiger charge is 2.24. The first-order chi connectivity index (χ1) is 10.1. The Morgan fingerprint density at radius 3 is 2.26 bits per heavy atom. The van der Waals surface area contributed by atoms with Crippen LogP contribution in [0.25, 0.3) is 0 Å². The van der Waals surface area contributed by atoms with Gasteiger partial charge in [-0.1, -0.05) is 52.8 Å². The van der Waals surface area contributed by atoms with Gasteiger partial charge in [-0.05, 0) is 16.9 Å². The van der Waals surface area contributed by atoms with Crippen LogP contribution >= 0.6 is 12.4 Å². The van der Waals surface area contributed by atoms with Crippen LogP contribution < -0.4 is 5.32 Å². The second-order valence-electron chi connectivity index (χ2n) is 7.40. The van der Waals surface area contributed by atoms with Gasteiger partial charge in [-0.25, -0.2) is 0 Å². The molecule has 1 aromatic carbocycles. The number of amides is 1. The molecule has 0 saturated heterocycles. The van der Waals surface area contributed by atoms with Gasteiger partial charge in [-0.2, -0.15) is 0 Å². The van der Waals surface area contributed by atoms with E-state index in [9.17, 15) is 9.90 Å². The van der Waals surface area contributed by atoms with Crippen molar-refractivity contribution in [2.75, 3.05) is 14.1 Å². The van der Waals surface area contributed by atoms with E-state index in [0.29, 0.717) is 12.3 Å². The number of likely N-dealkylation sites (N-methyl/N-ethyl adjacent to an activating group) is 1. The number of para-hydroxylation sites is 1. The zero-order chi connectivity index (χ0) is 17.1. The summed E-state index contributed by atoms with van der Waals surface area (Å²) >= 11 is 0. The molecule has 1 rings (SSSR count). The van der Waals surface area contributed by atoms with Gasteiger partial charge in [0, 0.05) is 26.2 Å². The van der Waals surface area contributed by atoms with E-state index in [1.807, 2.05) is 32.0 Å². The Labute approximate surface area is 146 Å². The summed E-state index contributed by atoms with van der Waals surface area (Å²) in [4.78, 5) is 13.8. The molecule has 1 amide bonds. The van der Waals surface area contributed by atoms with Crippen molar-refractivity contribution >= 4 is 18.3 Å². The summed E-state index contributed by atoms with van der Waals surface area (Å²) in [5, 5.41) is 13.8. The molecule has 132 valence electrons. The summed E-state index contributed by atoms with van der Waals surface area (Å²) in [6.07, 6.45) is 0. The molecule has 5 heteroatoms. The summed E-state index contributed by atoms with van der Waals surface area (Å²) in [7, 11) is 3.52. The van der Waals surface area contributed by atoms with Gasteiger partial charge in [0.15, 0.2) is 0 Å². The van der Waals surface area contributed by atoms with E-state index in [1.165, 1.54) is 0 Å². The fourth-order valence-corrected chi connectivity index (χ4v) is 2.45.